The Hall–Kier alpha value is -2.84. The van der Waals surface area contributed by atoms with Crippen molar-refractivity contribution in [2.24, 2.45) is 0 Å². The lowest BCUT2D eigenvalue weighted by Crippen LogP contribution is -2.50. The molecule has 35 heavy (non-hydrogen) atoms. The topological polar surface area (TPSA) is 86.3 Å². The predicted octanol–water partition coefficient (Wildman–Crippen LogP) is 4.17. The van der Waals surface area contributed by atoms with Crippen molar-refractivity contribution < 1.29 is 17.4 Å². The summed E-state index contributed by atoms with van der Waals surface area (Å²) < 4.78 is 55.3. The molecule has 0 saturated carbocycles. The van der Waals surface area contributed by atoms with Crippen molar-refractivity contribution in [3.05, 3.63) is 53.2 Å². The second kappa shape index (κ2) is 10.8. The van der Waals surface area contributed by atoms with Gasteiger partial charge in [-0.3, -0.25) is 4.72 Å². The van der Waals surface area contributed by atoms with Gasteiger partial charge in [-0.1, -0.05) is 18.3 Å². The first kappa shape index (κ1) is 25.3. The largest absolute Gasteiger partial charge is 0.419 e. The molecular formula is C21H22F3N7OS3. The van der Waals surface area contributed by atoms with Crippen molar-refractivity contribution in [2.75, 3.05) is 41.1 Å². The highest BCUT2D eigenvalue weighted by Gasteiger charge is 2.36. The molecule has 0 aliphatic carbocycles. The molecule has 186 valence electrons. The monoisotopic (exact) mass is 541 g/mol. The molecule has 3 heterocycles. The van der Waals surface area contributed by atoms with Gasteiger partial charge in [0.25, 0.3) is 0 Å². The normalized spacial score (nSPS) is 15.1. The highest BCUT2D eigenvalue weighted by molar-refractivity contribution is 7.86. The average molecular weight is 542 g/mol. The summed E-state index contributed by atoms with van der Waals surface area (Å²) in [5.41, 5.74) is -0.0236. The van der Waals surface area contributed by atoms with E-state index in [-0.39, 0.29) is 5.82 Å². The Balaban J connectivity index is 1.31. The lowest BCUT2D eigenvalue weighted by atomic mass is 10.2. The summed E-state index contributed by atoms with van der Waals surface area (Å²) in [7, 11) is -1.48. The van der Waals surface area contributed by atoms with Crippen LogP contribution in [0.4, 0.5) is 29.8 Å². The van der Waals surface area contributed by atoms with E-state index in [2.05, 4.69) is 25.2 Å². The summed E-state index contributed by atoms with van der Waals surface area (Å²) in [6, 6.07) is 9.29. The molecule has 4 rings (SSSR count). The smallest absolute Gasteiger partial charge is 0.353 e. The Kier molecular flexibility index (Phi) is 7.82. The minimum Gasteiger partial charge on any atom is -0.353 e. The molecule has 0 amide bonds. The van der Waals surface area contributed by atoms with Crippen LogP contribution in [0.25, 0.3) is 0 Å². The summed E-state index contributed by atoms with van der Waals surface area (Å²) >= 11 is 6.86. The minimum absolute atomic E-state index is 0.0600. The first-order chi connectivity index (χ1) is 16.7. The number of alkyl halides is 3. The highest BCUT2D eigenvalue weighted by atomic mass is 32.2. The number of thiocarbonyl (C=S) groups is 1. The Morgan fingerprint density at radius 2 is 1.86 bits per heavy atom. The second-order valence-corrected chi connectivity index (χ2v) is 10.2. The molecule has 1 atom stereocenters. The average Bonchev–Trinajstić information content (AvgIpc) is 3.31. The van der Waals surface area contributed by atoms with Crippen molar-refractivity contribution in [2.45, 2.75) is 24.4 Å². The van der Waals surface area contributed by atoms with Gasteiger partial charge in [-0.15, -0.1) is 10.2 Å². The molecule has 3 aromatic rings. The number of piperazine rings is 1. The third-order valence-electron chi connectivity index (χ3n) is 5.23. The number of pyridine rings is 1. The SMILES string of the molecule is CCc1nnc(NS(=O)c2ccc(NC(=S)N3CCN(c4ncccc4C(F)(F)F)CC3)cc2)s1. The summed E-state index contributed by atoms with van der Waals surface area (Å²) in [4.78, 5) is 8.06. The van der Waals surface area contributed by atoms with Crippen LogP contribution >= 0.6 is 23.6 Å². The van der Waals surface area contributed by atoms with E-state index in [1.807, 2.05) is 11.8 Å². The number of anilines is 3. The lowest BCUT2D eigenvalue weighted by Gasteiger charge is -2.37. The lowest BCUT2D eigenvalue weighted by molar-refractivity contribution is -0.137. The second-order valence-electron chi connectivity index (χ2n) is 7.53. The number of aryl methyl sites for hydroxylation is 1. The van der Waals surface area contributed by atoms with Crippen LogP contribution in [-0.4, -0.2) is 55.6 Å². The molecule has 0 bridgehead atoms. The van der Waals surface area contributed by atoms with Gasteiger partial charge in [0.05, 0.1) is 10.5 Å². The van der Waals surface area contributed by atoms with Gasteiger partial charge >= 0.3 is 6.18 Å². The number of nitrogens with zero attached hydrogens (tertiary/aromatic N) is 5. The van der Waals surface area contributed by atoms with Crippen molar-refractivity contribution in [3.8, 4) is 0 Å². The number of rotatable bonds is 6. The molecule has 2 aromatic heterocycles. The van der Waals surface area contributed by atoms with Crippen LogP contribution in [0.2, 0.25) is 0 Å². The Morgan fingerprint density at radius 3 is 2.49 bits per heavy atom. The van der Waals surface area contributed by atoms with Crippen molar-refractivity contribution in [1.82, 2.24) is 20.1 Å². The number of halogens is 3. The van der Waals surface area contributed by atoms with Crippen LogP contribution in [-0.2, 0) is 23.6 Å². The van der Waals surface area contributed by atoms with Crippen molar-refractivity contribution in [1.29, 1.82) is 0 Å². The van der Waals surface area contributed by atoms with Crippen LogP contribution < -0.4 is 14.9 Å². The summed E-state index contributed by atoms with van der Waals surface area (Å²) in [5.74, 6) is -0.0600. The molecule has 2 N–H and O–H groups in total. The molecule has 1 saturated heterocycles. The third-order valence-corrected chi connectivity index (χ3v) is 7.78. The number of benzene rings is 1. The van der Waals surface area contributed by atoms with E-state index in [1.165, 1.54) is 23.6 Å². The maximum atomic E-state index is 13.3. The first-order valence-electron chi connectivity index (χ1n) is 10.7. The van der Waals surface area contributed by atoms with Crippen LogP contribution in [0, 0.1) is 0 Å². The van der Waals surface area contributed by atoms with Gasteiger partial charge in [0.2, 0.25) is 5.13 Å². The molecule has 8 nitrogen and oxygen atoms in total. The fraction of sp³-hybridized carbons (Fsp3) is 0.333. The van der Waals surface area contributed by atoms with E-state index in [9.17, 15) is 17.4 Å². The fourth-order valence-electron chi connectivity index (χ4n) is 3.43. The van der Waals surface area contributed by atoms with Crippen LogP contribution in [0.15, 0.2) is 47.5 Å². The van der Waals surface area contributed by atoms with Gasteiger partial charge in [0.15, 0.2) is 16.1 Å². The van der Waals surface area contributed by atoms with Gasteiger partial charge in [0, 0.05) is 38.1 Å². The Morgan fingerprint density at radius 1 is 1.14 bits per heavy atom. The quantitative estimate of drug-likeness (QED) is 0.450. The molecule has 1 aliphatic rings. The van der Waals surface area contributed by atoms with Crippen LogP contribution in [0.1, 0.15) is 17.5 Å². The summed E-state index contributed by atoms with van der Waals surface area (Å²) in [6.07, 6.45) is -2.33. The number of aromatic nitrogens is 3. The van der Waals surface area contributed by atoms with E-state index in [0.717, 1.165) is 17.5 Å². The summed E-state index contributed by atoms with van der Waals surface area (Å²) in [5, 5.41) is 12.9. The van der Waals surface area contributed by atoms with Gasteiger partial charge in [-0.25, -0.2) is 9.19 Å². The van der Waals surface area contributed by atoms with Gasteiger partial charge in [-0.05, 0) is 55.0 Å². The molecule has 1 aliphatic heterocycles. The van der Waals surface area contributed by atoms with E-state index >= 15 is 0 Å². The fourth-order valence-corrected chi connectivity index (χ4v) is 5.36. The van der Waals surface area contributed by atoms with Gasteiger partial charge in [0.1, 0.15) is 10.8 Å². The Labute approximate surface area is 212 Å². The van der Waals surface area contributed by atoms with Crippen molar-refractivity contribution >= 4 is 56.3 Å². The van der Waals surface area contributed by atoms with Crippen molar-refractivity contribution in [3.63, 3.8) is 0 Å². The van der Waals surface area contributed by atoms with E-state index in [1.54, 1.807) is 29.2 Å². The molecule has 0 radical (unpaired) electrons. The molecule has 1 aromatic carbocycles. The maximum absolute atomic E-state index is 13.3. The third kappa shape index (κ3) is 6.24. The first-order valence-corrected chi connectivity index (χ1v) is 13.1. The van der Waals surface area contributed by atoms with Crippen LogP contribution in [0.5, 0.6) is 0 Å². The zero-order chi connectivity index (χ0) is 25.0. The van der Waals surface area contributed by atoms with Crippen LogP contribution in [0.3, 0.4) is 0 Å². The highest BCUT2D eigenvalue weighted by Crippen LogP contribution is 2.35. The molecule has 1 unspecified atom stereocenters. The van der Waals surface area contributed by atoms with E-state index in [0.29, 0.717) is 47.0 Å². The number of hydrogen-bond acceptors (Lipinski definition) is 7. The zero-order valence-corrected chi connectivity index (χ0v) is 21.0. The minimum atomic E-state index is -4.46. The molecule has 14 heteroatoms. The molecular weight excluding hydrogens is 519 g/mol. The summed E-state index contributed by atoms with van der Waals surface area (Å²) in [6.45, 7) is 3.59. The van der Waals surface area contributed by atoms with Gasteiger partial charge in [-0.2, -0.15) is 13.2 Å². The van der Waals surface area contributed by atoms with E-state index in [4.69, 9.17) is 12.2 Å². The molecule has 1 fully saturated rings. The van der Waals surface area contributed by atoms with Gasteiger partial charge < -0.3 is 15.1 Å². The standard InChI is InChI=1S/C21H22F3N7OS3/c1-2-17-27-28-19(34-17)29-35(32)15-7-5-14(6-8-15)26-20(33)31-12-10-30(11-13-31)18-16(21(22,23)24)4-3-9-25-18/h3-9H,2,10-13H2,1H3,(H,26,33)(H,28,29). The maximum Gasteiger partial charge on any atom is 0.419 e. The number of hydrogen-bond donors (Lipinski definition) is 2. The van der Waals surface area contributed by atoms with E-state index < -0.39 is 22.7 Å². The number of nitrogens with one attached hydrogen (secondary N) is 2. The zero-order valence-electron chi connectivity index (χ0n) is 18.6. The predicted molar refractivity (Wildman–Crippen MR) is 135 cm³/mol. The Bertz CT molecular complexity index is 1200. The molecule has 0 spiro atoms.